The highest BCUT2D eigenvalue weighted by atomic mass is 17.1. The summed E-state index contributed by atoms with van der Waals surface area (Å²) < 4.78 is 4.96. The van der Waals surface area contributed by atoms with Gasteiger partial charge in [-0.3, -0.25) is 5.26 Å². The second kappa shape index (κ2) is 3.30. The Kier molecular flexibility index (Phi) is 2.62. The van der Waals surface area contributed by atoms with E-state index in [1.165, 1.54) is 0 Å². The minimum Gasteiger partial charge on any atom is -0.368 e. The fourth-order valence-corrected chi connectivity index (χ4v) is 1.08. The Morgan fingerprint density at radius 1 is 1.50 bits per heavy atom. The van der Waals surface area contributed by atoms with Gasteiger partial charge in [0.2, 0.25) is 0 Å². The zero-order valence-electron chi connectivity index (χ0n) is 5.86. The van der Waals surface area contributed by atoms with Crippen molar-refractivity contribution in [1.29, 1.82) is 0 Å². The van der Waals surface area contributed by atoms with Crippen molar-refractivity contribution in [3.63, 3.8) is 0 Å². The lowest BCUT2D eigenvalue weighted by molar-refractivity contribution is -0.325. The summed E-state index contributed by atoms with van der Waals surface area (Å²) in [4.78, 5) is 4.12. The maximum absolute atomic E-state index is 8.93. The second-order valence-electron chi connectivity index (χ2n) is 2.52. The highest BCUT2D eigenvalue weighted by Gasteiger charge is 2.27. The molecule has 1 fully saturated rings. The quantitative estimate of drug-likeness (QED) is 0.416. The van der Waals surface area contributed by atoms with Gasteiger partial charge in [-0.05, 0) is 13.3 Å². The summed E-state index contributed by atoms with van der Waals surface area (Å²) in [5, 5.41) is 17.2. The van der Waals surface area contributed by atoms with Crippen molar-refractivity contribution in [2.75, 3.05) is 0 Å². The fourth-order valence-electron chi connectivity index (χ4n) is 1.08. The Labute approximate surface area is 59.3 Å². The Morgan fingerprint density at radius 3 is 2.70 bits per heavy atom. The molecule has 0 amide bonds. The van der Waals surface area contributed by atoms with Gasteiger partial charge in [0.15, 0.2) is 6.29 Å². The van der Waals surface area contributed by atoms with E-state index in [0.29, 0.717) is 12.8 Å². The largest absolute Gasteiger partial charge is 0.368 e. The molecule has 1 aliphatic heterocycles. The van der Waals surface area contributed by atoms with E-state index in [0.717, 1.165) is 0 Å². The molecule has 10 heavy (non-hydrogen) atoms. The standard InChI is InChI=1S/C6H12O4/c1-4-5(10-8)2-3-6(7)9-4/h4-8H,2-3H2,1H3/t4-,5-,6-/m1/s1. The molecule has 0 unspecified atom stereocenters. The lowest BCUT2D eigenvalue weighted by atomic mass is 10.1. The van der Waals surface area contributed by atoms with Gasteiger partial charge in [0.25, 0.3) is 0 Å². The van der Waals surface area contributed by atoms with Crippen molar-refractivity contribution in [2.24, 2.45) is 0 Å². The van der Waals surface area contributed by atoms with Crippen molar-refractivity contribution >= 4 is 0 Å². The minimum absolute atomic E-state index is 0.228. The summed E-state index contributed by atoms with van der Waals surface area (Å²) in [6.45, 7) is 1.75. The number of hydrogen-bond acceptors (Lipinski definition) is 4. The van der Waals surface area contributed by atoms with Gasteiger partial charge < -0.3 is 9.84 Å². The first-order valence-corrected chi connectivity index (χ1v) is 3.38. The van der Waals surface area contributed by atoms with Crippen LogP contribution >= 0.6 is 0 Å². The van der Waals surface area contributed by atoms with Crippen molar-refractivity contribution in [3.05, 3.63) is 0 Å². The van der Waals surface area contributed by atoms with Crippen LogP contribution < -0.4 is 0 Å². The number of aliphatic hydroxyl groups is 1. The third kappa shape index (κ3) is 1.67. The van der Waals surface area contributed by atoms with Crippen LogP contribution in [0, 0.1) is 0 Å². The van der Waals surface area contributed by atoms with Crippen LogP contribution in [0.15, 0.2) is 0 Å². The van der Waals surface area contributed by atoms with Crippen LogP contribution in [0.5, 0.6) is 0 Å². The molecule has 0 saturated carbocycles. The zero-order chi connectivity index (χ0) is 7.56. The first kappa shape index (κ1) is 7.94. The SMILES string of the molecule is C[C@H]1O[C@@H](O)CC[C@H]1OO. The van der Waals surface area contributed by atoms with Crippen LogP contribution in [0.4, 0.5) is 0 Å². The Morgan fingerprint density at radius 2 is 2.20 bits per heavy atom. The monoisotopic (exact) mass is 148 g/mol. The van der Waals surface area contributed by atoms with Crippen LogP contribution in [0.1, 0.15) is 19.8 Å². The van der Waals surface area contributed by atoms with Crippen molar-refractivity contribution in [1.82, 2.24) is 0 Å². The molecule has 0 aliphatic carbocycles. The number of rotatable bonds is 1. The molecule has 0 aromatic carbocycles. The maximum atomic E-state index is 8.93. The predicted molar refractivity (Wildman–Crippen MR) is 33.3 cm³/mol. The summed E-state index contributed by atoms with van der Waals surface area (Å²) in [5.41, 5.74) is 0. The molecule has 0 radical (unpaired) electrons. The van der Waals surface area contributed by atoms with E-state index < -0.39 is 6.29 Å². The topological polar surface area (TPSA) is 58.9 Å². The minimum atomic E-state index is -0.693. The average molecular weight is 148 g/mol. The van der Waals surface area contributed by atoms with Crippen LogP contribution in [-0.4, -0.2) is 28.9 Å². The van der Waals surface area contributed by atoms with E-state index in [4.69, 9.17) is 15.1 Å². The summed E-state index contributed by atoms with van der Waals surface area (Å²) in [5.74, 6) is 0. The van der Waals surface area contributed by atoms with Gasteiger partial charge in [-0.15, -0.1) is 0 Å². The van der Waals surface area contributed by atoms with Crippen molar-refractivity contribution < 1.29 is 20.0 Å². The molecule has 0 aromatic rings. The molecule has 60 valence electrons. The van der Waals surface area contributed by atoms with Crippen molar-refractivity contribution in [3.8, 4) is 0 Å². The normalized spacial score (nSPS) is 41.7. The smallest absolute Gasteiger partial charge is 0.155 e. The van der Waals surface area contributed by atoms with Crippen LogP contribution in [0.3, 0.4) is 0 Å². The van der Waals surface area contributed by atoms with Gasteiger partial charge in [-0.2, -0.15) is 0 Å². The highest BCUT2D eigenvalue weighted by molar-refractivity contribution is 4.71. The van der Waals surface area contributed by atoms with Gasteiger partial charge in [0.1, 0.15) is 6.10 Å². The van der Waals surface area contributed by atoms with E-state index in [2.05, 4.69) is 4.89 Å². The lowest BCUT2D eigenvalue weighted by Gasteiger charge is -2.29. The number of hydrogen-bond donors (Lipinski definition) is 2. The third-order valence-corrected chi connectivity index (χ3v) is 1.73. The molecule has 1 saturated heterocycles. The lowest BCUT2D eigenvalue weighted by Crippen LogP contribution is -2.37. The molecule has 1 aliphatic rings. The number of ether oxygens (including phenoxy) is 1. The third-order valence-electron chi connectivity index (χ3n) is 1.73. The van der Waals surface area contributed by atoms with Crippen LogP contribution in [0.2, 0.25) is 0 Å². The summed E-state index contributed by atoms with van der Waals surface area (Å²) in [6, 6.07) is 0. The van der Waals surface area contributed by atoms with E-state index in [1.807, 2.05) is 0 Å². The molecule has 0 bridgehead atoms. The van der Waals surface area contributed by atoms with Gasteiger partial charge in [0.05, 0.1) is 6.10 Å². The predicted octanol–water partition coefficient (Wildman–Crippen LogP) is 0.362. The molecule has 2 N–H and O–H groups in total. The van der Waals surface area contributed by atoms with Crippen LogP contribution in [-0.2, 0) is 9.62 Å². The van der Waals surface area contributed by atoms with Crippen molar-refractivity contribution in [2.45, 2.75) is 38.3 Å². The maximum Gasteiger partial charge on any atom is 0.155 e. The first-order valence-electron chi connectivity index (χ1n) is 3.38. The molecule has 0 spiro atoms. The molecule has 1 heterocycles. The van der Waals surface area contributed by atoms with Gasteiger partial charge in [-0.25, -0.2) is 4.89 Å². The Hall–Kier alpha value is -0.160. The van der Waals surface area contributed by atoms with Crippen LogP contribution in [0.25, 0.3) is 0 Å². The highest BCUT2D eigenvalue weighted by Crippen LogP contribution is 2.19. The molecule has 3 atom stereocenters. The summed E-state index contributed by atoms with van der Waals surface area (Å²) in [6.07, 6.45) is -0.0486. The second-order valence-corrected chi connectivity index (χ2v) is 2.52. The molecule has 0 aromatic heterocycles. The molecule has 4 nitrogen and oxygen atoms in total. The molecule has 1 rings (SSSR count). The van der Waals surface area contributed by atoms with E-state index in [9.17, 15) is 0 Å². The Bertz CT molecular complexity index is 106. The van der Waals surface area contributed by atoms with E-state index in [-0.39, 0.29) is 12.2 Å². The van der Waals surface area contributed by atoms with Gasteiger partial charge in [0, 0.05) is 6.42 Å². The summed E-state index contributed by atoms with van der Waals surface area (Å²) in [7, 11) is 0. The molecular formula is C6H12O4. The Balaban J connectivity index is 2.36. The van der Waals surface area contributed by atoms with Gasteiger partial charge >= 0.3 is 0 Å². The average Bonchev–Trinajstić information content (AvgIpc) is 1.88. The first-order chi connectivity index (χ1) is 4.74. The molecular weight excluding hydrogens is 136 g/mol. The van der Waals surface area contributed by atoms with E-state index in [1.54, 1.807) is 6.92 Å². The molecule has 4 heteroatoms. The number of aliphatic hydroxyl groups excluding tert-OH is 1. The summed E-state index contributed by atoms with van der Waals surface area (Å²) >= 11 is 0. The zero-order valence-corrected chi connectivity index (χ0v) is 5.86. The van der Waals surface area contributed by atoms with E-state index >= 15 is 0 Å². The fraction of sp³-hybridized carbons (Fsp3) is 1.00. The van der Waals surface area contributed by atoms with Gasteiger partial charge in [-0.1, -0.05) is 0 Å².